The molecule has 0 N–H and O–H groups in total. The van der Waals surface area contributed by atoms with Crippen LogP contribution in [0.2, 0.25) is 0 Å². The Hall–Kier alpha value is -2.24. The van der Waals surface area contributed by atoms with Gasteiger partial charge in [0.25, 0.3) is 0 Å². The number of aromatic nitrogens is 1. The highest BCUT2D eigenvalue weighted by Crippen LogP contribution is 2.23. The number of ether oxygens (including phenoxy) is 2. The fraction of sp³-hybridized carbons (Fsp3) is 0.556. The van der Waals surface area contributed by atoms with Crippen molar-refractivity contribution >= 4 is 17.2 Å². The summed E-state index contributed by atoms with van der Waals surface area (Å²) in [5, 5.41) is 0. The Kier molecular flexibility index (Phi) is 4.64. The van der Waals surface area contributed by atoms with Crippen molar-refractivity contribution in [3.8, 4) is 6.08 Å². The maximum atomic E-state index is 12.4. The van der Waals surface area contributed by atoms with Crippen LogP contribution in [0.25, 0.3) is 11.1 Å². The molecule has 0 radical (unpaired) electrons. The topological polar surface area (TPSA) is 64.8 Å². The minimum Gasteiger partial charge on any atom is -0.448 e. The molecular weight excluding hydrogens is 308 g/mol. The standard InChI is InChI=1S/C18H24N2O4/c1-18(2,3)24-17(21)20-11-7-6-8-13(20)12-22-16-19-14-9-4-5-10-15(14)23-16/h4-5,9-10,13H,6-8,11-12H2,1-3H3. The second-order valence-electron chi connectivity index (χ2n) is 7.08. The summed E-state index contributed by atoms with van der Waals surface area (Å²) in [6.45, 7) is 6.67. The molecule has 1 aromatic carbocycles. The Morgan fingerprint density at radius 2 is 2.12 bits per heavy atom. The lowest BCUT2D eigenvalue weighted by atomic mass is 10.0. The van der Waals surface area contributed by atoms with Gasteiger partial charge >= 0.3 is 12.2 Å². The number of carbonyl (C=O) groups excluding carboxylic acids is 1. The maximum absolute atomic E-state index is 12.4. The van der Waals surface area contributed by atoms with Gasteiger partial charge in [0.15, 0.2) is 5.58 Å². The van der Waals surface area contributed by atoms with E-state index in [1.54, 1.807) is 4.90 Å². The van der Waals surface area contributed by atoms with Crippen LogP contribution >= 0.6 is 0 Å². The number of oxazole rings is 1. The van der Waals surface area contributed by atoms with Crippen LogP contribution in [0.5, 0.6) is 6.08 Å². The fourth-order valence-electron chi connectivity index (χ4n) is 2.82. The molecule has 0 bridgehead atoms. The van der Waals surface area contributed by atoms with Gasteiger partial charge in [-0.2, -0.15) is 4.98 Å². The van der Waals surface area contributed by atoms with Crippen LogP contribution in [0.1, 0.15) is 40.0 Å². The van der Waals surface area contributed by atoms with E-state index in [0.29, 0.717) is 18.7 Å². The number of fused-ring (bicyclic) bond motifs is 1. The van der Waals surface area contributed by atoms with Crippen molar-refractivity contribution in [2.75, 3.05) is 13.2 Å². The Bertz CT molecular complexity index is 671. The molecule has 0 spiro atoms. The van der Waals surface area contributed by atoms with Crippen LogP contribution in [0.15, 0.2) is 28.7 Å². The fourth-order valence-corrected chi connectivity index (χ4v) is 2.82. The van der Waals surface area contributed by atoms with Gasteiger partial charge in [0.2, 0.25) is 0 Å². The van der Waals surface area contributed by atoms with Gasteiger partial charge in [-0.15, -0.1) is 0 Å². The molecule has 2 aromatic rings. The van der Waals surface area contributed by atoms with Crippen LogP contribution in [0.4, 0.5) is 4.79 Å². The number of hydrogen-bond acceptors (Lipinski definition) is 5. The van der Waals surface area contributed by atoms with E-state index in [9.17, 15) is 4.79 Å². The molecule has 1 saturated heterocycles. The number of amides is 1. The van der Waals surface area contributed by atoms with Crippen LogP contribution in [-0.4, -0.2) is 40.8 Å². The summed E-state index contributed by atoms with van der Waals surface area (Å²) >= 11 is 0. The average molecular weight is 332 g/mol. The summed E-state index contributed by atoms with van der Waals surface area (Å²) in [6, 6.07) is 7.49. The first-order valence-electron chi connectivity index (χ1n) is 8.40. The molecule has 1 aromatic heterocycles. The van der Waals surface area contributed by atoms with Crippen molar-refractivity contribution in [2.24, 2.45) is 0 Å². The highest BCUT2D eigenvalue weighted by atomic mass is 16.6. The highest BCUT2D eigenvalue weighted by Gasteiger charge is 2.31. The van der Waals surface area contributed by atoms with Gasteiger partial charge in [-0.25, -0.2) is 4.79 Å². The first-order valence-corrected chi connectivity index (χ1v) is 8.40. The lowest BCUT2D eigenvalue weighted by Gasteiger charge is -2.36. The maximum Gasteiger partial charge on any atom is 0.410 e. The van der Waals surface area contributed by atoms with Crippen LogP contribution in [0, 0.1) is 0 Å². The Morgan fingerprint density at radius 1 is 1.33 bits per heavy atom. The Balaban J connectivity index is 1.64. The molecule has 1 amide bonds. The van der Waals surface area contributed by atoms with Crippen LogP contribution in [0.3, 0.4) is 0 Å². The van der Waals surface area contributed by atoms with Gasteiger partial charge in [-0.05, 0) is 52.2 Å². The second-order valence-corrected chi connectivity index (χ2v) is 7.08. The molecule has 6 nitrogen and oxygen atoms in total. The van der Waals surface area contributed by atoms with E-state index >= 15 is 0 Å². The zero-order chi connectivity index (χ0) is 17.2. The molecular formula is C18H24N2O4. The summed E-state index contributed by atoms with van der Waals surface area (Å²) in [6.07, 6.45) is 2.90. The van der Waals surface area contributed by atoms with Gasteiger partial charge in [-0.3, -0.25) is 0 Å². The summed E-state index contributed by atoms with van der Waals surface area (Å²) in [4.78, 5) is 18.4. The normalized spacial score (nSPS) is 18.6. The number of rotatable bonds is 3. The van der Waals surface area contributed by atoms with E-state index in [0.717, 1.165) is 24.8 Å². The summed E-state index contributed by atoms with van der Waals surface area (Å²) in [5.41, 5.74) is 0.959. The molecule has 1 atom stereocenters. The minimum absolute atomic E-state index is 0.0244. The minimum atomic E-state index is -0.500. The number of para-hydroxylation sites is 2. The monoisotopic (exact) mass is 332 g/mol. The van der Waals surface area contributed by atoms with Crippen molar-refractivity contribution in [3.63, 3.8) is 0 Å². The molecule has 0 saturated carbocycles. The lowest BCUT2D eigenvalue weighted by molar-refractivity contribution is 0.00192. The lowest BCUT2D eigenvalue weighted by Crippen LogP contribution is -2.48. The van der Waals surface area contributed by atoms with E-state index in [4.69, 9.17) is 13.9 Å². The molecule has 1 fully saturated rings. The number of benzene rings is 1. The van der Waals surface area contributed by atoms with E-state index < -0.39 is 5.60 Å². The number of piperidine rings is 1. The van der Waals surface area contributed by atoms with Crippen molar-refractivity contribution in [2.45, 2.75) is 51.7 Å². The van der Waals surface area contributed by atoms with Crippen molar-refractivity contribution in [3.05, 3.63) is 24.3 Å². The number of carbonyl (C=O) groups is 1. The van der Waals surface area contributed by atoms with Crippen molar-refractivity contribution in [1.82, 2.24) is 9.88 Å². The van der Waals surface area contributed by atoms with E-state index in [-0.39, 0.29) is 18.2 Å². The van der Waals surface area contributed by atoms with Crippen LogP contribution in [-0.2, 0) is 4.74 Å². The number of nitrogens with zero attached hydrogens (tertiary/aromatic N) is 2. The van der Waals surface area contributed by atoms with E-state index in [1.807, 2.05) is 45.0 Å². The predicted octanol–water partition coefficient (Wildman–Crippen LogP) is 4.00. The largest absolute Gasteiger partial charge is 0.448 e. The molecule has 6 heteroatoms. The number of likely N-dealkylation sites (tertiary alicyclic amines) is 1. The molecule has 1 aliphatic rings. The van der Waals surface area contributed by atoms with Gasteiger partial charge in [0, 0.05) is 6.54 Å². The highest BCUT2D eigenvalue weighted by molar-refractivity contribution is 5.72. The quantitative estimate of drug-likeness (QED) is 0.850. The molecule has 1 unspecified atom stereocenters. The third kappa shape index (κ3) is 3.99. The SMILES string of the molecule is CC(C)(C)OC(=O)N1CCCCC1COc1nc2ccccc2o1. The summed E-state index contributed by atoms with van der Waals surface area (Å²) in [5.74, 6) is 0. The summed E-state index contributed by atoms with van der Waals surface area (Å²) < 4.78 is 16.8. The molecule has 0 aliphatic carbocycles. The molecule has 2 heterocycles. The van der Waals surface area contributed by atoms with Gasteiger partial charge in [0.05, 0.1) is 6.04 Å². The Morgan fingerprint density at radius 3 is 2.88 bits per heavy atom. The van der Waals surface area contributed by atoms with Gasteiger partial charge in [0.1, 0.15) is 17.7 Å². The molecule has 24 heavy (non-hydrogen) atoms. The third-order valence-electron chi connectivity index (χ3n) is 3.93. The second kappa shape index (κ2) is 6.71. The van der Waals surface area contributed by atoms with Gasteiger partial charge in [-0.1, -0.05) is 12.1 Å². The third-order valence-corrected chi connectivity index (χ3v) is 3.93. The zero-order valence-corrected chi connectivity index (χ0v) is 14.4. The summed E-state index contributed by atoms with van der Waals surface area (Å²) in [7, 11) is 0. The predicted molar refractivity (Wildman–Crippen MR) is 90.1 cm³/mol. The smallest absolute Gasteiger partial charge is 0.410 e. The van der Waals surface area contributed by atoms with E-state index in [1.165, 1.54) is 0 Å². The average Bonchev–Trinajstić information content (AvgIpc) is 2.94. The van der Waals surface area contributed by atoms with E-state index in [2.05, 4.69) is 4.98 Å². The zero-order valence-electron chi connectivity index (χ0n) is 14.4. The van der Waals surface area contributed by atoms with Crippen molar-refractivity contribution in [1.29, 1.82) is 0 Å². The first-order chi connectivity index (χ1) is 11.4. The van der Waals surface area contributed by atoms with Crippen molar-refractivity contribution < 1.29 is 18.7 Å². The van der Waals surface area contributed by atoms with Gasteiger partial charge < -0.3 is 18.8 Å². The van der Waals surface area contributed by atoms with Crippen LogP contribution < -0.4 is 4.74 Å². The number of hydrogen-bond donors (Lipinski definition) is 0. The molecule has 130 valence electrons. The first kappa shape index (κ1) is 16.6. The molecule has 1 aliphatic heterocycles. The molecule has 3 rings (SSSR count). The Labute approximate surface area is 141 Å².